The lowest BCUT2D eigenvalue weighted by molar-refractivity contribution is 0.0600. The van der Waals surface area contributed by atoms with Crippen molar-refractivity contribution >= 4 is 29.2 Å². The minimum absolute atomic E-state index is 0.257. The second-order valence-corrected chi connectivity index (χ2v) is 5.58. The molecule has 0 aliphatic carbocycles. The number of hydrogen-bond donors (Lipinski definition) is 1. The Morgan fingerprint density at radius 2 is 2.08 bits per heavy atom. The number of carbonyl (C=O) groups is 2. The van der Waals surface area contributed by atoms with Crippen LogP contribution in [0.2, 0.25) is 0 Å². The second-order valence-electron chi connectivity index (χ2n) is 5.58. The second kappa shape index (κ2) is 7.21. The van der Waals surface area contributed by atoms with E-state index in [1.165, 1.54) is 7.11 Å². The number of likely N-dealkylation sites (N-methyl/N-ethyl adjacent to an activating group) is 1. The maximum absolute atomic E-state index is 12.7. The van der Waals surface area contributed by atoms with Gasteiger partial charge < -0.3 is 15.0 Å². The van der Waals surface area contributed by atoms with Gasteiger partial charge in [-0.3, -0.25) is 4.90 Å². The van der Waals surface area contributed by atoms with Gasteiger partial charge in [0.1, 0.15) is 0 Å². The van der Waals surface area contributed by atoms with Crippen LogP contribution in [0.4, 0.5) is 22.0 Å². The van der Waals surface area contributed by atoms with Crippen LogP contribution in [-0.4, -0.2) is 43.7 Å². The van der Waals surface area contributed by atoms with Gasteiger partial charge >= 0.3 is 12.0 Å². The van der Waals surface area contributed by atoms with Gasteiger partial charge in [-0.25, -0.2) is 14.6 Å². The van der Waals surface area contributed by atoms with Crippen LogP contribution in [0.1, 0.15) is 17.3 Å². The van der Waals surface area contributed by atoms with Crippen LogP contribution >= 0.6 is 0 Å². The fourth-order valence-corrected chi connectivity index (χ4v) is 2.84. The number of esters is 1. The van der Waals surface area contributed by atoms with Crippen LogP contribution in [0, 0.1) is 0 Å². The molecule has 7 heteroatoms. The Kier molecular flexibility index (Phi) is 4.83. The van der Waals surface area contributed by atoms with Gasteiger partial charge in [-0.1, -0.05) is 6.07 Å². The van der Waals surface area contributed by atoms with E-state index in [2.05, 4.69) is 22.1 Å². The Hall–Kier alpha value is -3.09. The number of hydrogen-bond acceptors (Lipinski definition) is 5. The Balaban J connectivity index is 1.81. The summed E-state index contributed by atoms with van der Waals surface area (Å²) in [5.74, 6) is 0.358. The molecule has 0 atom stereocenters. The Bertz CT molecular complexity index is 793. The highest BCUT2D eigenvalue weighted by molar-refractivity contribution is 6.04. The predicted octanol–water partition coefficient (Wildman–Crippen LogP) is 2.75. The quantitative estimate of drug-likeness (QED) is 0.870. The molecule has 2 aromatic rings. The van der Waals surface area contributed by atoms with E-state index >= 15 is 0 Å². The molecule has 1 N–H and O–H groups in total. The number of anilines is 3. The van der Waals surface area contributed by atoms with Crippen molar-refractivity contribution in [1.82, 2.24) is 4.98 Å². The minimum atomic E-state index is -0.442. The maximum atomic E-state index is 12.7. The van der Waals surface area contributed by atoms with Gasteiger partial charge in [0.2, 0.25) is 0 Å². The third-order valence-corrected chi connectivity index (χ3v) is 4.11. The normalized spacial score (nSPS) is 13.2. The SMILES string of the molecule is CCN1CCN(C(=O)Nc2cccc(C(=O)OC)c2)c2cccnc21. The summed E-state index contributed by atoms with van der Waals surface area (Å²) in [6.45, 7) is 4.18. The summed E-state index contributed by atoms with van der Waals surface area (Å²) in [7, 11) is 1.32. The molecule has 3 rings (SSSR count). The number of amides is 2. The van der Waals surface area contributed by atoms with Crippen LogP contribution in [0.25, 0.3) is 0 Å². The molecule has 1 aliphatic rings. The molecule has 1 aromatic heterocycles. The molecule has 2 heterocycles. The molecule has 0 fully saturated rings. The van der Waals surface area contributed by atoms with Gasteiger partial charge in [0.25, 0.3) is 0 Å². The summed E-state index contributed by atoms with van der Waals surface area (Å²) in [5, 5.41) is 2.84. The van der Waals surface area contributed by atoms with Crippen molar-refractivity contribution in [3.8, 4) is 0 Å². The maximum Gasteiger partial charge on any atom is 0.337 e. The Morgan fingerprint density at radius 1 is 1.24 bits per heavy atom. The summed E-state index contributed by atoms with van der Waals surface area (Å²) in [5.41, 5.74) is 1.70. The standard InChI is InChI=1S/C18H20N4O3/c1-3-21-10-11-22(15-8-5-9-19-16(15)21)18(24)20-14-7-4-6-13(12-14)17(23)25-2/h4-9,12H,3,10-11H2,1-2H3,(H,20,24). The summed E-state index contributed by atoms with van der Waals surface area (Å²) in [4.78, 5) is 32.6. The van der Waals surface area contributed by atoms with Crippen molar-refractivity contribution in [3.05, 3.63) is 48.2 Å². The van der Waals surface area contributed by atoms with Crippen molar-refractivity contribution in [2.24, 2.45) is 0 Å². The largest absolute Gasteiger partial charge is 0.465 e. The van der Waals surface area contributed by atoms with E-state index in [4.69, 9.17) is 4.74 Å². The van der Waals surface area contributed by atoms with Crippen molar-refractivity contribution in [2.45, 2.75) is 6.92 Å². The number of benzene rings is 1. The lowest BCUT2D eigenvalue weighted by Gasteiger charge is -2.35. The first-order valence-electron chi connectivity index (χ1n) is 8.11. The van der Waals surface area contributed by atoms with Crippen molar-refractivity contribution in [1.29, 1.82) is 0 Å². The topological polar surface area (TPSA) is 74.8 Å². The number of rotatable bonds is 3. The van der Waals surface area contributed by atoms with Gasteiger partial charge in [0.05, 0.1) is 18.4 Å². The molecule has 25 heavy (non-hydrogen) atoms. The number of nitrogens with one attached hydrogen (secondary N) is 1. The van der Waals surface area contributed by atoms with Crippen LogP contribution in [0.3, 0.4) is 0 Å². The lowest BCUT2D eigenvalue weighted by atomic mass is 10.2. The highest BCUT2D eigenvalue weighted by Crippen LogP contribution is 2.30. The third kappa shape index (κ3) is 3.40. The van der Waals surface area contributed by atoms with E-state index in [-0.39, 0.29) is 6.03 Å². The zero-order chi connectivity index (χ0) is 17.8. The number of urea groups is 1. The van der Waals surface area contributed by atoms with Crippen LogP contribution in [0.15, 0.2) is 42.6 Å². The monoisotopic (exact) mass is 340 g/mol. The molecular formula is C18H20N4O3. The van der Waals surface area contributed by atoms with E-state index < -0.39 is 5.97 Å². The van der Waals surface area contributed by atoms with E-state index in [9.17, 15) is 9.59 Å². The van der Waals surface area contributed by atoms with Crippen LogP contribution in [0.5, 0.6) is 0 Å². The van der Waals surface area contributed by atoms with E-state index in [1.54, 1.807) is 35.4 Å². The first-order valence-corrected chi connectivity index (χ1v) is 8.11. The molecule has 0 saturated heterocycles. The smallest absolute Gasteiger partial charge is 0.337 e. The first-order chi connectivity index (χ1) is 12.1. The summed E-state index contributed by atoms with van der Waals surface area (Å²) in [6.07, 6.45) is 1.72. The minimum Gasteiger partial charge on any atom is -0.465 e. The zero-order valence-electron chi connectivity index (χ0n) is 14.2. The van der Waals surface area contributed by atoms with Crippen molar-refractivity contribution < 1.29 is 14.3 Å². The summed E-state index contributed by atoms with van der Waals surface area (Å²) >= 11 is 0. The molecule has 0 spiro atoms. The third-order valence-electron chi connectivity index (χ3n) is 4.11. The average molecular weight is 340 g/mol. The predicted molar refractivity (Wildman–Crippen MR) is 96.3 cm³/mol. The molecule has 1 aliphatic heterocycles. The first kappa shape index (κ1) is 16.8. The van der Waals surface area contributed by atoms with Crippen LogP contribution in [-0.2, 0) is 4.74 Å². The van der Waals surface area contributed by atoms with E-state index in [0.717, 1.165) is 24.6 Å². The average Bonchev–Trinajstić information content (AvgIpc) is 2.66. The number of ether oxygens (including phenoxy) is 1. The molecule has 130 valence electrons. The highest BCUT2D eigenvalue weighted by Gasteiger charge is 2.27. The van der Waals surface area contributed by atoms with E-state index in [0.29, 0.717) is 17.8 Å². The lowest BCUT2D eigenvalue weighted by Crippen LogP contribution is -2.46. The molecule has 2 amide bonds. The molecule has 7 nitrogen and oxygen atoms in total. The van der Waals surface area contributed by atoms with Gasteiger partial charge in [-0.05, 0) is 37.3 Å². The summed E-state index contributed by atoms with van der Waals surface area (Å²) < 4.78 is 4.71. The summed E-state index contributed by atoms with van der Waals surface area (Å²) in [6, 6.07) is 10.1. The number of fused-ring (bicyclic) bond motifs is 1. The Labute approximate surface area is 146 Å². The molecular weight excluding hydrogens is 320 g/mol. The fourth-order valence-electron chi connectivity index (χ4n) is 2.84. The van der Waals surface area contributed by atoms with Crippen LogP contribution < -0.4 is 15.1 Å². The molecule has 0 unspecified atom stereocenters. The molecule has 0 bridgehead atoms. The van der Waals surface area contributed by atoms with E-state index in [1.807, 2.05) is 12.1 Å². The highest BCUT2D eigenvalue weighted by atomic mass is 16.5. The Morgan fingerprint density at radius 3 is 2.84 bits per heavy atom. The molecule has 1 aromatic carbocycles. The molecule has 0 radical (unpaired) electrons. The zero-order valence-corrected chi connectivity index (χ0v) is 14.2. The van der Waals surface area contributed by atoms with Gasteiger partial charge in [0.15, 0.2) is 5.82 Å². The number of carbonyl (C=O) groups excluding carboxylic acids is 2. The number of pyridine rings is 1. The number of nitrogens with zero attached hydrogens (tertiary/aromatic N) is 3. The van der Waals surface area contributed by atoms with Gasteiger partial charge in [0, 0.05) is 31.5 Å². The van der Waals surface area contributed by atoms with Gasteiger partial charge in [-0.15, -0.1) is 0 Å². The number of aromatic nitrogens is 1. The van der Waals surface area contributed by atoms with Crippen molar-refractivity contribution in [3.63, 3.8) is 0 Å². The number of methoxy groups -OCH3 is 1. The molecule has 0 saturated carbocycles. The van der Waals surface area contributed by atoms with Crippen molar-refractivity contribution in [2.75, 3.05) is 41.9 Å². The fraction of sp³-hybridized carbons (Fsp3) is 0.278. The van der Waals surface area contributed by atoms with Gasteiger partial charge in [-0.2, -0.15) is 0 Å².